The molecule has 1 atom stereocenters. The Hall–Kier alpha value is -2.43. The maximum atomic E-state index is 11.9. The number of nitrogens with zero attached hydrogens (tertiary/aromatic N) is 1. The number of hydrogen-bond acceptors (Lipinski definition) is 6. The number of ketones is 1. The van der Waals surface area contributed by atoms with Crippen LogP contribution in [-0.4, -0.2) is 36.5 Å². The standard InChI is InChI=1S/C15H13Cl2N3O4/c1-8(19)11(5-18)13(21)7-24-14(22)6-20-15(23)10-3-2-9(16)4-12(10)17/h2-4,11,19H,6-7H2,1H3,(H,20,23). The number of hydrogen-bond donors (Lipinski definition) is 2. The Kier molecular flexibility index (Phi) is 7.36. The van der Waals surface area contributed by atoms with Gasteiger partial charge in [-0.05, 0) is 25.1 Å². The van der Waals surface area contributed by atoms with Gasteiger partial charge in [-0.25, -0.2) is 0 Å². The lowest BCUT2D eigenvalue weighted by molar-refractivity contribution is -0.147. The van der Waals surface area contributed by atoms with Crippen molar-refractivity contribution >= 4 is 46.6 Å². The first-order valence-electron chi connectivity index (χ1n) is 6.62. The Balaban J connectivity index is 2.49. The first kappa shape index (κ1) is 19.6. The molecule has 0 saturated heterocycles. The smallest absolute Gasteiger partial charge is 0.325 e. The van der Waals surface area contributed by atoms with E-state index in [4.69, 9.17) is 33.9 Å². The summed E-state index contributed by atoms with van der Waals surface area (Å²) in [5.74, 6) is -3.42. The molecule has 1 aromatic carbocycles. The highest BCUT2D eigenvalue weighted by Gasteiger charge is 2.21. The fraction of sp³-hybridized carbons (Fsp3) is 0.267. The molecule has 24 heavy (non-hydrogen) atoms. The number of Topliss-reactive ketones (excluding diaryl/α,β-unsaturated/α-hetero) is 1. The second-order valence-electron chi connectivity index (χ2n) is 4.68. The van der Waals surface area contributed by atoms with Gasteiger partial charge < -0.3 is 15.5 Å². The summed E-state index contributed by atoms with van der Waals surface area (Å²) in [6.07, 6.45) is 0. The lowest BCUT2D eigenvalue weighted by Gasteiger charge is -2.09. The van der Waals surface area contributed by atoms with Crippen molar-refractivity contribution in [2.45, 2.75) is 6.92 Å². The van der Waals surface area contributed by atoms with E-state index in [1.54, 1.807) is 6.07 Å². The fourth-order valence-electron chi connectivity index (χ4n) is 1.62. The van der Waals surface area contributed by atoms with Gasteiger partial charge in [0.05, 0.1) is 16.7 Å². The normalized spacial score (nSPS) is 11.1. The van der Waals surface area contributed by atoms with Crippen molar-refractivity contribution in [3.63, 3.8) is 0 Å². The Labute approximate surface area is 148 Å². The number of amides is 1. The van der Waals surface area contributed by atoms with Crippen LogP contribution < -0.4 is 5.32 Å². The zero-order valence-corrected chi connectivity index (χ0v) is 14.1. The summed E-state index contributed by atoms with van der Waals surface area (Å²) < 4.78 is 4.67. The Bertz CT molecular complexity index is 728. The van der Waals surface area contributed by atoms with E-state index >= 15 is 0 Å². The molecule has 0 spiro atoms. The number of ether oxygens (including phenoxy) is 1. The van der Waals surface area contributed by atoms with E-state index in [-0.39, 0.29) is 16.3 Å². The van der Waals surface area contributed by atoms with E-state index in [1.807, 2.05) is 0 Å². The van der Waals surface area contributed by atoms with Crippen LogP contribution in [0.25, 0.3) is 0 Å². The Morgan fingerprint density at radius 1 is 1.38 bits per heavy atom. The molecule has 1 aromatic rings. The minimum absolute atomic E-state index is 0.127. The Morgan fingerprint density at radius 3 is 2.58 bits per heavy atom. The third-order valence-electron chi connectivity index (χ3n) is 2.83. The van der Waals surface area contributed by atoms with E-state index < -0.39 is 36.7 Å². The predicted octanol–water partition coefficient (Wildman–Crippen LogP) is 2.01. The van der Waals surface area contributed by atoms with Crippen LogP contribution in [-0.2, 0) is 14.3 Å². The molecule has 0 aliphatic heterocycles. The van der Waals surface area contributed by atoms with Gasteiger partial charge >= 0.3 is 5.97 Å². The molecule has 7 nitrogen and oxygen atoms in total. The highest BCUT2D eigenvalue weighted by Crippen LogP contribution is 2.20. The number of nitrogens with one attached hydrogen (secondary N) is 2. The first-order chi connectivity index (χ1) is 11.3. The molecule has 1 rings (SSSR count). The summed E-state index contributed by atoms with van der Waals surface area (Å²) in [5.41, 5.74) is -0.00171. The summed E-state index contributed by atoms with van der Waals surface area (Å²) in [5, 5.41) is 18.8. The van der Waals surface area contributed by atoms with Crippen LogP contribution in [0, 0.1) is 22.7 Å². The average molecular weight is 370 g/mol. The summed E-state index contributed by atoms with van der Waals surface area (Å²) in [6.45, 7) is 0.181. The van der Waals surface area contributed by atoms with Gasteiger partial charge in [0.15, 0.2) is 12.4 Å². The molecule has 1 amide bonds. The van der Waals surface area contributed by atoms with Crippen molar-refractivity contribution in [2.75, 3.05) is 13.2 Å². The number of carbonyl (C=O) groups excluding carboxylic acids is 3. The fourth-order valence-corrected chi connectivity index (χ4v) is 2.11. The first-order valence-corrected chi connectivity index (χ1v) is 7.38. The van der Waals surface area contributed by atoms with Crippen LogP contribution in [0.3, 0.4) is 0 Å². The Morgan fingerprint density at radius 2 is 2.04 bits per heavy atom. The number of esters is 1. The van der Waals surface area contributed by atoms with Gasteiger partial charge in [0.2, 0.25) is 0 Å². The van der Waals surface area contributed by atoms with Crippen molar-refractivity contribution < 1.29 is 19.1 Å². The second kappa shape index (κ2) is 9.01. The van der Waals surface area contributed by atoms with E-state index in [2.05, 4.69) is 10.1 Å². The van der Waals surface area contributed by atoms with Gasteiger partial charge in [-0.3, -0.25) is 14.4 Å². The molecular formula is C15H13Cl2N3O4. The van der Waals surface area contributed by atoms with Gasteiger partial charge in [0, 0.05) is 10.7 Å². The zero-order chi connectivity index (χ0) is 18.3. The highest BCUT2D eigenvalue weighted by atomic mass is 35.5. The summed E-state index contributed by atoms with van der Waals surface area (Å²) in [6, 6.07) is 5.91. The van der Waals surface area contributed by atoms with Gasteiger partial charge in [-0.2, -0.15) is 5.26 Å². The van der Waals surface area contributed by atoms with Crippen LogP contribution in [0.1, 0.15) is 17.3 Å². The minimum Gasteiger partial charge on any atom is -0.456 e. The molecule has 0 fully saturated rings. The number of halogens is 2. The summed E-state index contributed by atoms with van der Waals surface area (Å²) in [4.78, 5) is 35.0. The van der Waals surface area contributed by atoms with Crippen LogP contribution >= 0.6 is 23.2 Å². The largest absolute Gasteiger partial charge is 0.456 e. The third-order valence-corrected chi connectivity index (χ3v) is 3.38. The summed E-state index contributed by atoms with van der Waals surface area (Å²) in [7, 11) is 0. The maximum Gasteiger partial charge on any atom is 0.325 e. The van der Waals surface area contributed by atoms with Crippen LogP contribution in [0.15, 0.2) is 18.2 Å². The molecule has 0 aromatic heterocycles. The van der Waals surface area contributed by atoms with Gasteiger partial charge in [0.1, 0.15) is 12.5 Å². The molecule has 0 aliphatic rings. The number of carbonyl (C=O) groups is 3. The molecule has 0 heterocycles. The van der Waals surface area contributed by atoms with E-state index in [1.165, 1.54) is 25.1 Å². The second-order valence-corrected chi connectivity index (χ2v) is 5.52. The SMILES string of the molecule is CC(=N)C(C#N)C(=O)COC(=O)CNC(=O)c1ccc(Cl)cc1Cl. The number of benzene rings is 1. The topological polar surface area (TPSA) is 120 Å². The molecule has 9 heteroatoms. The van der Waals surface area contributed by atoms with Crippen LogP contribution in [0.2, 0.25) is 10.0 Å². The molecule has 0 radical (unpaired) electrons. The van der Waals surface area contributed by atoms with Crippen molar-refractivity contribution in [3.05, 3.63) is 33.8 Å². The highest BCUT2D eigenvalue weighted by molar-refractivity contribution is 6.36. The van der Waals surface area contributed by atoms with E-state index in [0.717, 1.165) is 0 Å². The molecule has 0 bridgehead atoms. The van der Waals surface area contributed by atoms with Crippen molar-refractivity contribution in [1.82, 2.24) is 5.32 Å². The third kappa shape index (κ3) is 5.65. The van der Waals surface area contributed by atoms with E-state index in [0.29, 0.717) is 5.02 Å². The summed E-state index contributed by atoms with van der Waals surface area (Å²) >= 11 is 11.6. The molecule has 0 saturated carbocycles. The number of nitriles is 1. The monoisotopic (exact) mass is 369 g/mol. The molecule has 126 valence electrons. The lowest BCUT2D eigenvalue weighted by atomic mass is 10.0. The van der Waals surface area contributed by atoms with Crippen molar-refractivity contribution in [1.29, 1.82) is 10.7 Å². The van der Waals surface area contributed by atoms with Crippen molar-refractivity contribution in [3.8, 4) is 6.07 Å². The van der Waals surface area contributed by atoms with Crippen molar-refractivity contribution in [2.24, 2.45) is 5.92 Å². The number of rotatable bonds is 7. The zero-order valence-electron chi connectivity index (χ0n) is 12.6. The van der Waals surface area contributed by atoms with Gasteiger partial charge in [-0.15, -0.1) is 0 Å². The molecule has 2 N–H and O–H groups in total. The lowest BCUT2D eigenvalue weighted by Crippen LogP contribution is -2.33. The van der Waals surface area contributed by atoms with Crippen LogP contribution in [0.5, 0.6) is 0 Å². The molecular weight excluding hydrogens is 357 g/mol. The predicted molar refractivity (Wildman–Crippen MR) is 87.3 cm³/mol. The minimum atomic E-state index is -1.25. The van der Waals surface area contributed by atoms with E-state index in [9.17, 15) is 14.4 Å². The van der Waals surface area contributed by atoms with Gasteiger partial charge in [-0.1, -0.05) is 23.2 Å². The molecule has 1 unspecified atom stereocenters. The van der Waals surface area contributed by atoms with Crippen LogP contribution in [0.4, 0.5) is 0 Å². The maximum absolute atomic E-state index is 11.9. The van der Waals surface area contributed by atoms with Gasteiger partial charge in [0.25, 0.3) is 5.91 Å². The molecule has 0 aliphatic carbocycles. The quantitative estimate of drug-likeness (QED) is 0.562. The average Bonchev–Trinajstić information content (AvgIpc) is 2.50.